The van der Waals surface area contributed by atoms with E-state index >= 15 is 0 Å². The molecule has 0 saturated carbocycles. The zero-order valence-electron chi connectivity index (χ0n) is 10.4. The predicted octanol–water partition coefficient (Wildman–Crippen LogP) is 4.61. The largest absolute Gasteiger partial charge is 0.492 e. The summed E-state index contributed by atoms with van der Waals surface area (Å²) in [4.78, 5) is 0. The van der Waals surface area contributed by atoms with Crippen LogP contribution in [0.25, 0.3) is 0 Å². The molecule has 1 N–H and O–H groups in total. The highest BCUT2D eigenvalue weighted by atomic mass is 35.5. The van der Waals surface area contributed by atoms with Gasteiger partial charge in [0.05, 0.1) is 11.6 Å². The fourth-order valence-corrected chi connectivity index (χ4v) is 2.13. The van der Waals surface area contributed by atoms with Crippen LogP contribution in [-0.4, -0.2) is 19.3 Å². The molecule has 108 valence electrons. The molecule has 7 heteroatoms. The normalized spacial score (nSPS) is 13.4. The van der Waals surface area contributed by atoms with Gasteiger partial charge in [-0.2, -0.15) is 13.2 Å². The van der Waals surface area contributed by atoms with Crippen LogP contribution in [0.1, 0.15) is 25.5 Å². The third kappa shape index (κ3) is 4.16. The first-order valence-corrected chi connectivity index (χ1v) is 6.48. The lowest BCUT2D eigenvalue weighted by atomic mass is 10.1. The number of nitrogens with one attached hydrogen (secondary N) is 1. The van der Waals surface area contributed by atoms with Gasteiger partial charge in [0.25, 0.3) is 0 Å². The van der Waals surface area contributed by atoms with Gasteiger partial charge in [0, 0.05) is 11.1 Å². The molecule has 1 unspecified atom stereocenters. The van der Waals surface area contributed by atoms with E-state index in [0.717, 1.165) is 0 Å². The molecule has 0 amide bonds. The summed E-state index contributed by atoms with van der Waals surface area (Å²) >= 11 is 11.8. The lowest BCUT2D eigenvalue weighted by Crippen LogP contribution is -2.34. The van der Waals surface area contributed by atoms with Gasteiger partial charge in [0.15, 0.2) is 0 Å². The van der Waals surface area contributed by atoms with Crippen LogP contribution in [0.2, 0.25) is 10.0 Å². The number of hydrogen-bond acceptors (Lipinski definition) is 2. The second kappa shape index (κ2) is 6.68. The summed E-state index contributed by atoms with van der Waals surface area (Å²) in [5, 5.41) is 2.42. The Labute approximate surface area is 119 Å². The Hall–Kier alpha value is -0.650. The Kier molecular flexibility index (Phi) is 5.77. The minimum absolute atomic E-state index is 0.0314. The second-order valence-electron chi connectivity index (χ2n) is 3.77. The van der Waals surface area contributed by atoms with Crippen LogP contribution in [0.15, 0.2) is 12.1 Å². The topological polar surface area (TPSA) is 21.3 Å². The lowest BCUT2D eigenvalue weighted by Gasteiger charge is -2.23. The first kappa shape index (κ1) is 16.4. The molecule has 0 radical (unpaired) electrons. The van der Waals surface area contributed by atoms with E-state index in [1.54, 1.807) is 13.8 Å². The molecular formula is C12H14Cl2F3NO. The quantitative estimate of drug-likeness (QED) is 0.857. The molecule has 0 aromatic heterocycles. The molecule has 0 spiro atoms. The molecule has 1 atom stereocenters. The molecular weight excluding hydrogens is 302 g/mol. The van der Waals surface area contributed by atoms with Gasteiger partial charge in [-0.15, -0.1) is 0 Å². The number of halogens is 5. The zero-order chi connectivity index (χ0) is 14.6. The van der Waals surface area contributed by atoms with E-state index in [1.165, 1.54) is 12.1 Å². The fourth-order valence-electron chi connectivity index (χ4n) is 1.64. The number of alkyl halides is 3. The number of ether oxygens (including phenoxy) is 1. The summed E-state index contributed by atoms with van der Waals surface area (Å²) in [6.07, 6.45) is -4.45. The van der Waals surface area contributed by atoms with Crippen molar-refractivity contribution in [3.05, 3.63) is 27.7 Å². The van der Waals surface area contributed by atoms with E-state index in [-0.39, 0.29) is 27.9 Å². The van der Waals surface area contributed by atoms with Gasteiger partial charge in [-0.3, -0.25) is 0 Å². The van der Waals surface area contributed by atoms with Crippen molar-refractivity contribution in [2.45, 2.75) is 26.1 Å². The van der Waals surface area contributed by atoms with Crippen LogP contribution in [0.5, 0.6) is 5.75 Å². The van der Waals surface area contributed by atoms with Crippen molar-refractivity contribution in [1.82, 2.24) is 5.32 Å². The Balaban J connectivity index is 3.21. The summed E-state index contributed by atoms with van der Waals surface area (Å²) in [5.41, 5.74) is -0.107. The van der Waals surface area contributed by atoms with Crippen molar-refractivity contribution < 1.29 is 17.9 Å². The number of hydrogen-bond donors (Lipinski definition) is 1. The Morgan fingerprint density at radius 1 is 1.21 bits per heavy atom. The smallest absolute Gasteiger partial charge is 0.407 e. The van der Waals surface area contributed by atoms with E-state index in [1.807, 2.05) is 0 Å². The predicted molar refractivity (Wildman–Crippen MR) is 70.1 cm³/mol. The molecule has 1 aromatic rings. The SMILES string of the molecule is CCNC(c1cc(Cl)c(OCC)cc1Cl)C(F)(F)F. The highest BCUT2D eigenvalue weighted by molar-refractivity contribution is 6.34. The highest BCUT2D eigenvalue weighted by Crippen LogP contribution is 2.40. The van der Waals surface area contributed by atoms with Gasteiger partial charge < -0.3 is 10.1 Å². The summed E-state index contributed by atoms with van der Waals surface area (Å²) in [6, 6.07) is 0.646. The first-order valence-electron chi connectivity index (χ1n) is 5.73. The molecule has 2 nitrogen and oxygen atoms in total. The van der Waals surface area contributed by atoms with Crippen molar-refractivity contribution in [2.24, 2.45) is 0 Å². The fraction of sp³-hybridized carbons (Fsp3) is 0.500. The average Bonchev–Trinajstić information content (AvgIpc) is 2.30. The van der Waals surface area contributed by atoms with Crippen LogP contribution in [0.3, 0.4) is 0 Å². The van der Waals surface area contributed by atoms with E-state index in [4.69, 9.17) is 27.9 Å². The van der Waals surface area contributed by atoms with Gasteiger partial charge in [-0.05, 0) is 25.1 Å². The molecule has 0 heterocycles. The van der Waals surface area contributed by atoms with Gasteiger partial charge in [0.1, 0.15) is 11.8 Å². The third-order valence-corrected chi connectivity index (χ3v) is 3.02. The van der Waals surface area contributed by atoms with Gasteiger partial charge in [-0.25, -0.2) is 0 Å². The van der Waals surface area contributed by atoms with Crippen LogP contribution >= 0.6 is 23.2 Å². The van der Waals surface area contributed by atoms with Crippen molar-refractivity contribution >= 4 is 23.2 Å². The standard InChI is InChI=1S/C12H14Cl2F3NO/c1-3-18-11(12(15,16)17)7-5-9(14)10(19-4-2)6-8(7)13/h5-6,11,18H,3-4H2,1-2H3. The Bertz CT molecular complexity index is 438. The number of benzene rings is 1. The van der Waals surface area contributed by atoms with Gasteiger partial charge in [0.2, 0.25) is 0 Å². The summed E-state index contributed by atoms with van der Waals surface area (Å²) in [7, 11) is 0. The minimum atomic E-state index is -4.45. The zero-order valence-corrected chi connectivity index (χ0v) is 12.0. The molecule has 19 heavy (non-hydrogen) atoms. The van der Waals surface area contributed by atoms with Crippen LogP contribution in [0, 0.1) is 0 Å². The molecule has 1 rings (SSSR count). The van der Waals surface area contributed by atoms with Crippen molar-refractivity contribution in [3.63, 3.8) is 0 Å². The molecule has 0 fully saturated rings. The van der Waals surface area contributed by atoms with Gasteiger partial charge in [-0.1, -0.05) is 30.1 Å². The molecule has 0 saturated heterocycles. The van der Waals surface area contributed by atoms with Crippen molar-refractivity contribution in [1.29, 1.82) is 0 Å². The number of rotatable bonds is 5. The van der Waals surface area contributed by atoms with Crippen LogP contribution < -0.4 is 10.1 Å². The van der Waals surface area contributed by atoms with E-state index in [2.05, 4.69) is 5.32 Å². The summed E-state index contributed by atoms with van der Waals surface area (Å²) in [5.74, 6) is 0.273. The monoisotopic (exact) mass is 315 g/mol. The van der Waals surface area contributed by atoms with Crippen molar-refractivity contribution in [2.75, 3.05) is 13.2 Å². The molecule has 0 aliphatic heterocycles. The van der Waals surface area contributed by atoms with Gasteiger partial charge >= 0.3 is 6.18 Å². The van der Waals surface area contributed by atoms with E-state index in [9.17, 15) is 13.2 Å². The lowest BCUT2D eigenvalue weighted by molar-refractivity contribution is -0.157. The summed E-state index contributed by atoms with van der Waals surface area (Å²) in [6.45, 7) is 3.84. The molecule has 1 aromatic carbocycles. The molecule has 0 bridgehead atoms. The Morgan fingerprint density at radius 3 is 2.32 bits per heavy atom. The first-order chi connectivity index (χ1) is 8.81. The highest BCUT2D eigenvalue weighted by Gasteiger charge is 2.41. The van der Waals surface area contributed by atoms with Crippen LogP contribution in [-0.2, 0) is 0 Å². The van der Waals surface area contributed by atoms with E-state index < -0.39 is 12.2 Å². The van der Waals surface area contributed by atoms with Crippen molar-refractivity contribution in [3.8, 4) is 5.75 Å². The maximum absolute atomic E-state index is 13.0. The molecule has 0 aliphatic carbocycles. The third-order valence-electron chi connectivity index (χ3n) is 2.40. The summed E-state index contributed by atoms with van der Waals surface area (Å²) < 4.78 is 44.1. The van der Waals surface area contributed by atoms with Crippen LogP contribution in [0.4, 0.5) is 13.2 Å². The van der Waals surface area contributed by atoms with E-state index in [0.29, 0.717) is 6.61 Å². The molecule has 0 aliphatic rings. The minimum Gasteiger partial charge on any atom is -0.492 e. The maximum Gasteiger partial charge on any atom is 0.407 e. The average molecular weight is 316 g/mol. The Morgan fingerprint density at radius 2 is 1.84 bits per heavy atom. The second-order valence-corrected chi connectivity index (χ2v) is 4.58. The maximum atomic E-state index is 13.0.